The largest absolute Gasteiger partial charge is 0.310 e. The van der Waals surface area contributed by atoms with Crippen LogP contribution in [0.15, 0.2) is 352 Å². The number of rotatable bonds is 12. The summed E-state index contributed by atoms with van der Waals surface area (Å²) in [6.45, 7) is 14.4. The molecule has 2 heteroatoms. The molecule has 19 rings (SSSR count). The lowest BCUT2D eigenvalue weighted by molar-refractivity contribution is 0.660. The lowest BCUT2D eigenvalue weighted by Gasteiger charge is -2.33. The Morgan fingerprint density at radius 3 is 1.23 bits per heavy atom. The monoisotopic (exact) mass is 1300 g/mol. The molecule has 15 aromatic rings. The molecular weight excluding hydrogens is 1230 g/mol. The van der Waals surface area contributed by atoms with Crippen LogP contribution in [0.2, 0.25) is 0 Å². The van der Waals surface area contributed by atoms with E-state index in [1.165, 1.54) is 134 Å². The fourth-order valence-corrected chi connectivity index (χ4v) is 18.3. The molecule has 2 nitrogen and oxygen atoms in total. The van der Waals surface area contributed by atoms with Crippen LogP contribution in [0.4, 0.5) is 34.1 Å². The third kappa shape index (κ3) is 9.25. The molecule has 0 aromatic heterocycles. The molecule has 0 heterocycles. The Labute approximate surface area is 599 Å². The molecule has 0 radical (unpaired) electrons. The van der Waals surface area contributed by atoms with Crippen LogP contribution in [0.1, 0.15) is 97.2 Å². The van der Waals surface area contributed by atoms with Crippen molar-refractivity contribution < 1.29 is 0 Å². The number of hydrogen-bond acceptors (Lipinski definition) is 2. The smallest absolute Gasteiger partial charge is 0.0713 e. The molecule has 0 saturated heterocycles. The minimum Gasteiger partial charge on any atom is -0.310 e. The molecule has 0 unspecified atom stereocenters. The topological polar surface area (TPSA) is 6.48 Å². The molecule has 0 atom stereocenters. The van der Waals surface area contributed by atoms with Crippen LogP contribution in [0, 0.1) is 0 Å². The summed E-state index contributed by atoms with van der Waals surface area (Å²) in [4.78, 5) is 5.02. The van der Waals surface area contributed by atoms with Crippen molar-refractivity contribution >= 4 is 34.1 Å². The zero-order chi connectivity index (χ0) is 68.6. The molecule has 0 saturated carbocycles. The molecule has 0 aliphatic heterocycles. The molecule has 0 N–H and O–H groups in total. The summed E-state index contributed by atoms with van der Waals surface area (Å²) in [5, 5.41) is 0. The van der Waals surface area contributed by atoms with Gasteiger partial charge in [-0.05, 0) is 212 Å². The van der Waals surface area contributed by atoms with Gasteiger partial charge in [-0.1, -0.05) is 315 Å². The van der Waals surface area contributed by atoms with Crippen molar-refractivity contribution in [1.82, 2.24) is 0 Å². The minimum absolute atomic E-state index is 0.150. The third-order valence-electron chi connectivity index (χ3n) is 23.4. The molecule has 486 valence electrons. The summed E-state index contributed by atoms with van der Waals surface area (Å²) >= 11 is 0. The summed E-state index contributed by atoms with van der Waals surface area (Å²) in [5.74, 6) is 0. The third-order valence-corrected chi connectivity index (χ3v) is 23.4. The van der Waals surface area contributed by atoms with E-state index in [-0.39, 0.29) is 16.2 Å². The van der Waals surface area contributed by atoms with Crippen molar-refractivity contribution in [2.45, 2.75) is 63.2 Å². The van der Waals surface area contributed by atoms with Crippen LogP contribution in [-0.2, 0) is 21.7 Å². The molecule has 15 aromatic carbocycles. The average Bonchev–Trinajstić information content (AvgIpc) is 1.52. The first-order chi connectivity index (χ1) is 49.8. The standard InChI is InChI=1S/C100H76N2/c1-97(2)87-42-21-18-40-84(87)96-90(97)44-26-46-95(96)102(76-53-56-82-79-38-16-20-41-86(79)98(3,4)92(82)63-76)77-54-57-83-81-55-49-70(62-91(81)99(5,6)93(83)64-77)67-29-24-31-71(59-67)78-37-19-23-45-94(78)101(74-51-47-66(48-52-74)65-27-10-7-11-28-65)75-36-25-30-68(60-75)69-50-58-89-85(61-69)80-39-17-22-43-88(80)100(89,72-32-12-8-13-33-72)73-34-14-9-15-35-73/h7-64H,1-6H3. The Morgan fingerprint density at radius 2 is 0.559 bits per heavy atom. The first kappa shape index (κ1) is 61.0. The van der Waals surface area contributed by atoms with E-state index in [1.54, 1.807) is 0 Å². The average molecular weight is 1310 g/mol. The van der Waals surface area contributed by atoms with Gasteiger partial charge in [-0.25, -0.2) is 0 Å². The predicted molar refractivity (Wildman–Crippen MR) is 428 cm³/mol. The van der Waals surface area contributed by atoms with Crippen molar-refractivity contribution in [3.63, 3.8) is 0 Å². The summed E-state index contributed by atoms with van der Waals surface area (Å²) < 4.78 is 0. The van der Waals surface area contributed by atoms with Crippen molar-refractivity contribution in [3.05, 3.63) is 407 Å². The zero-order valence-corrected chi connectivity index (χ0v) is 58.4. The lowest BCUT2D eigenvalue weighted by atomic mass is 9.67. The summed E-state index contributed by atoms with van der Waals surface area (Å²) in [5.41, 5.74) is 38.7. The molecule has 4 aliphatic carbocycles. The highest BCUT2D eigenvalue weighted by Gasteiger charge is 2.47. The van der Waals surface area contributed by atoms with Crippen molar-refractivity contribution in [1.29, 1.82) is 0 Å². The molecule has 102 heavy (non-hydrogen) atoms. The van der Waals surface area contributed by atoms with Gasteiger partial charge in [0.25, 0.3) is 0 Å². The SMILES string of the molecule is CC1(C)c2ccccc2-c2ccc(N(c3ccc4c(c3)C(C)(C)c3cc(-c5cccc(-c6ccccc6N(c6ccc(-c7ccccc7)cc6)c6cccc(-c7ccc8c(c7)-c7ccccc7C8(c7ccccc7)c7ccccc7)c6)c5)ccc3-4)c3cccc4c3-c3ccccc3C4(C)C)cc21. The number of para-hydroxylation sites is 1. The van der Waals surface area contributed by atoms with E-state index >= 15 is 0 Å². The molecule has 0 amide bonds. The minimum atomic E-state index is -0.470. The highest BCUT2D eigenvalue weighted by Crippen LogP contribution is 2.60. The van der Waals surface area contributed by atoms with Crippen LogP contribution in [0.25, 0.3) is 89.0 Å². The number of nitrogens with zero attached hydrogens (tertiary/aromatic N) is 2. The second kappa shape index (κ2) is 23.2. The van der Waals surface area contributed by atoms with E-state index in [1.807, 2.05) is 0 Å². The predicted octanol–water partition coefficient (Wildman–Crippen LogP) is 26.6. The molecule has 0 bridgehead atoms. The maximum absolute atomic E-state index is 2.57. The first-order valence-electron chi connectivity index (χ1n) is 36.0. The van der Waals surface area contributed by atoms with Gasteiger partial charge in [-0.15, -0.1) is 0 Å². The van der Waals surface area contributed by atoms with Gasteiger partial charge >= 0.3 is 0 Å². The van der Waals surface area contributed by atoms with Gasteiger partial charge in [0.1, 0.15) is 0 Å². The molecule has 0 spiro atoms. The van der Waals surface area contributed by atoms with Gasteiger partial charge in [0.15, 0.2) is 0 Å². The maximum Gasteiger partial charge on any atom is 0.0713 e. The number of anilines is 6. The number of benzene rings is 15. The lowest BCUT2D eigenvalue weighted by Crippen LogP contribution is -2.28. The Balaban J connectivity index is 0.695. The van der Waals surface area contributed by atoms with Crippen LogP contribution in [0.5, 0.6) is 0 Å². The van der Waals surface area contributed by atoms with Crippen LogP contribution < -0.4 is 9.80 Å². The van der Waals surface area contributed by atoms with Crippen LogP contribution in [0.3, 0.4) is 0 Å². The van der Waals surface area contributed by atoms with E-state index in [2.05, 4.69) is 403 Å². The fourth-order valence-electron chi connectivity index (χ4n) is 18.3. The highest BCUT2D eigenvalue weighted by molar-refractivity contribution is 5.98. The van der Waals surface area contributed by atoms with Crippen molar-refractivity contribution in [2.75, 3.05) is 9.80 Å². The second-order valence-corrected chi connectivity index (χ2v) is 29.9. The fraction of sp³-hybridized carbons (Fsp3) is 0.100. The maximum atomic E-state index is 2.57. The number of hydrogen-bond donors (Lipinski definition) is 0. The second-order valence-electron chi connectivity index (χ2n) is 29.9. The zero-order valence-electron chi connectivity index (χ0n) is 58.4. The molecule has 4 aliphatic rings. The Morgan fingerprint density at radius 1 is 0.186 bits per heavy atom. The highest BCUT2D eigenvalue weighted by atomic mass is 15.2. The van der Waals surface area contributed by atoms with Gasteiger partial charge in [0, 0.05) is 50.1 Å². The number of fused-ring (bicyclic) bond motifs is 12. The Kier molecular flexibility index (Phi) is 13.9. The van der Waals surface area contributed by atoms with E-state index in [0.717, 1.165) is 45.1 Å². The summed E-state index contributed by atoms with van der Waals surface area (Å²) in [7, 11) is 0. The van der Waals surface area contributed by atoms with E-state index in [4.69, 9.17) is 0 Å². The van der Waals surface area contributed by atoms with Gasteiger partial charge < -0.3 is 9.80 Å². The summed E-state index contributed by atoms with van der Waals surface area (Å²) in [6.07, 6.45) is 0. The van der Waals surface area contributed by atoms with Gasteiger partial charge in [-0.3, -0.25) is 0 Å². The van der Waals surface area contributed by atoms with E-state index in [9.17, 15) is 0 Å². The Hall–Kier alpha value is -12.1. The summed E-state index contributed by atoms with van der Waals surface area (Å²) in [6, 6.07) is 132. The van der Waals surface area contributed by atoms with Crippen LogP contribution in [-0.4, -0.2) is 0 Å². The van der Waals surface area contributed by atoms with Crippen molar-refractivity contribution in [2.24, 2.45) is 0 Å². The Bertz CT molecular complexity index is 5810. The van der Waals surface area contributed by atoms with Crippen LogP contribution >= 0.6 is 0 Å². The van der Waals surface area contributed by atoms with E-state index < -0.39 is 5.41 Å². The molecular formula is C100H76N2. The molecule has 0 fully saturated rings. The normalized spacial score (nSPS) is 14.5. The first-order valence-corrected chi connectivity index (χ1v) is 36.0. The van der Waals surface area contributed by atoms with Gasteiger partial charge in [0.05, 0.1) is 16.8 Å². The van der Waals surface area contributed by atoms with Gasteiger partial charge in [0.2, 0.25) is 0 Å². The van der Waals surface area contributed by atoms with Gasteiger partial charge in [-0.2, -0.15) is 0 Å². The van der Waals surface area contributed by atoms with Crippen molar-refractivity contribution in [3.8, 4) is 89.0 Å². The quantitative estimate of drug-likeness (QED) is 0.120. The van der Waals surface area contributed by atoms with E-state index in [0.29, 0.717) is 0 Å².